The average Bonchev–Trinajstić information content (AvgIpc) is 3.05. The van der Waals surface area contributed by atoms with E-state index in [0.717, 1.165) is 5.56 Å². The number of aromatic nitrogens is 1. The quantitative estimate of drug-likeness (QED) is 0.372. The molecule has 2 aromatic carbocycles. The molecule has 1 saturated heterocycles. The van der Waals surface area contributed by atoms with Crippen molar-refractivity contribution in [2.45, 2.75) is 19.5 Å². The topological polar surface area (TPSA) is 79.7 Å². The third kappa shape index (κ3) is 3.73. The molecule has 1 aromatic heterocycles. The van der Waals surface area contributed by atoms with Crippen molar-refractivity contribution in [3.05, 3.63) is 101 Å². The van der Waals surface area contributed by atoms with Gasteiger partial charge in [-0.1, -0.05) is 18.2 Å². The van der Waals surface area contributed by atoms with Crippen LogP contribution in [-0.2, 0) is 16.1 Å². The Balaban J connectivity index is 1.91. The summed E-state index contributed by atoms with van der Waals surface area (Å²) in [6, 6.07) is 13.7. The molecule has 0 bridgehead atoms. The van der Waals surface area contributed by atoms with Gasteiger partial charge in [-0.2, -0.15) is 0 Å². The summed E-state index contributed by atoms with van der Waals surface area (Å²) in [7, 11) is 1.50. The van der Waals surface area contributed by atoms with Crippen molar-refractivity contribution in [1.82, 2.24) is 9.88 Å². The number of likely N-dealkylation sites (tertiary alicyclic amines) is 1. The SMILES string of the molecule is COc1ccccc1C1/C(=C(\O)c2ccc(F)c(C)c2)C(=O)C(=O)N1Cc1ccncc1. The second-order valence-electron chi connectivity index (χ2n) is 7.49. The molecule has 1 N–H and O–H groups in total. The number of rotatable bonds is 5. The van der Waals surface area contributed by atoms with Gasteiger partial charge in [-0.15, -0.1) is 0 Å². The van der Waals surface area contributed by atoms with Gasteiger partial charge < -0.3 is 14.7 Å². The molecule has 7 heteroatoms. The van der Waals surface area contributed by atoms with Crippen LogP contribution in [0.25, 0.3) is 5.76 Å². The molecular formula is C25H21FN2O4. The predicted octanol–water partition coefficient (Wildman–Crippen LogP) is 4.16. The van der Waals surface area contributed by atoms with E-state index in [1.165, 1.54) is 30.2 Å². The standard InChI is InChI=1S/C25H21FN2O4/c1-15-13-17(7-8-19(15)26)23(29)21-22(18-5-3-4-6-20(18)32-2)28(25(31)24(21)30)14-16-9-11-27-12-10-16/h3-13,22,29H,14H2,1-2H3/b23-21+. The van der Waals surface area contributed by atoms with Crippen molar-refractivity contribution in [3.63, 3.8) is 0 Å². The number of methoxy groups -OCH3 is 1. The van der Waals surface area contributed by atoms with Crippen molar-refractivity contribution in [1.29, 1.82) is 0 Å². The van der Waals surface area contributed by atoms with Crippen molar-refractivity contribution in [3.8, 4) is 5.75 Å². The van der Waals surface area contributed by atoms with Gasteiger partial charge in [0.05, 0.1) is 18.7 Å². The largest absolute Gasteiger partial charge is 0.507 e. The third-order valence-electron chi connectivity index (χ3n) is 5.51. The number of pyridine rings is 1. The molecule has 4 rings (SSSR count). The van der Waals surface area contributed by atoms with E-state index in [9.17, 15) is 19.1 Å². The number of aliphatic hydroxyl groups is 1. The van der Waals surface area contributed by atoms with Gasteiger partial charge in [0, 0.05) is 30.1 Å². The van der Waals surface area contributed by atoms with Gasteiger partial charge in [-0.05, 0) is 54.4 Å². The van der Waals surface area contributed by atoms with Crippen LogP contribution in [0.2, 0.25) is 0 Å². The highest BCUT2D eigenvalue weighted by molar-refractivity contribution is 6.46. The number of carbonyl (C=O) groups is 2. The Morgan fingerprint density at radius 3 is 2.53 bits per heavy atom. The number of para-hydroxylation sites is 1. The number of aliphatic hydroxyl groups excluding tert-OH is 1. The summed E-state index contributed by atoms with van der Waals surface area (Å²) in [6.45, 7) is 1.70. The van der Waals surface area contributed by atoms with E-state index in [4.69, 9.17) is 4.74 Å². The van der Waals surface area contributed by atoms with Crippen LogP contribution >= 0.6 is 0 Å². The Bertz CT molecular complexity index is 1220. The Kier molecular flexibility index (Phi) is 5.73. The highest BCUT2D eigenvalue weighted by Crippen LogP contribution is 2.43. The molecule has 1 fully saturated rings. The number of benzene rings is 2. The summed E-state index contributed by atoms with van der Waals surface area (Å²) in [5.41, 5.74) is 1.84. The van der Waals surface area contributed by atoms with Gasteiger partial charge in [0.25, 0.3) is 11.7 Å². The van der Waals surface area contributed by atoms with Crippen molar-refractivity contribution < 1.29 is 23.8 Å². The first-order chi connectivity index (χ1) is 15.4. The first-order valence-electron chi connectivity index (χ1n) is 9.99. The van der Waals surface area contributed by atoms with E-state index in [2.05, 4.69) is 4.98 Å². The Morgan fingerprint density at radius 1 is 1.12 bits per heavy atom. The number of hydrogen-bond acceptors (Lipinski definition) is 5. The van der Waals surface area contributed by atoms with Gasteiger partial charge in [0.15, 0.2) is 0 Å². The molecule has 1 aliphatic heterocycles. The minimum atomic E-state index is -0.885. The van der Waals surface area contributed by atoms with Crippen molar-refractivity contribution in [2.75, 3.05) is 7.11 Å². The summed E-state index contributed by atoms with van der Waals surface area (Å²) in [5, 5.41) is 11.1. The molecule has 0 saturated carbocycles. The number of aryl methyl sites for hydroxylation is 1. The zero-order valence-corrected chi connectivity index (χ0v) is 17.6. The van der Waals surface area contributed by atoms with Crippen molar-refractivity contribution >= 4 is 17.4 Å². The Labute approximate surface area is 184 Å². The lowest BCUT2D eigenvalue weighted by Gasteiger charge is -2.26. The van der Waals surface area contributed by atoms with Gasteiger partial charge in [0.2, 0.25) is 0 Å². The summed E-state index contributed by atoms with van der Waals surface area (Å²) >= 11 is 0. The molecule has 1 unspecified atom stereocenters. The molecule has 0 radical (unpaired) electrons. The molecule has 162 valence electrons. The number of hydrogen-bond donors (Lipinski definition) is 1. The van der Waals surface area contributed by atoms with E-state index in [-0.39, 0.29) is 23.4 Å². The second-order valence-corrected chi connectivity index (χ2v) is 7.49. The van der Waals surface area contributed by atoms with Crippen LogP contribution in [-0.4, -0.2) is 33.8 Å². The van der Waals surface area contributed by atoms with Crippen LogP contribution in [0.15, 0.2) is 72.6 Å². The molecular weight excluding hydrogens is 411 g/mol. The van der Waals surface area contributed by atoms with E-state index in [1.807, 2.05) is 0 Å². The van der Waals surface area contributed by atoms with Crippen LogP contribution in [0.3, 0.4) is 0 Å². The molecule has 0 aliphatic carbocycles. The summed E-state index contributed by atoms with van der Waals surface area (Å²) in [6.07, 6.45) is 3.21. The van der Waals surface area contributed by atoms with Crippen molar-refractivity contribution in [2.24, 2.45) is 0 Å². The van der Waals surface area contributed by atoms with Crippen LogP contribution in [0.4, 0.5) is 4.39 Å². The number of ketones is 1. The summed E-state index contributed by atoms with van der Waals surface area (Å²) in [4.78, 5) is 31.6. The maximum atomic E-state index is 13.8. The zero-order chi connectivity index (χ0) is 22.8. The summed E-state index contributed by atoms with van der Waals surface area (Å²) < 4.78 is 19.3. The fraction of sp³-hybridized carbons (Fsp3) is 0.160. The van der Waals surface area contributed by atoms with Crippen LogP contribution in [0, 0.1) is 12.7 Å². The Hall–Kier alpha value is -4.00. The minimum Gasteiger partial charge on any atom is -0.507 e. The van der Waals surface area contributed by atoms with E-state index >= 15 is 0 Å². The normalized spacial score (nSPS) is 17.6. The molecule has 1 atom stereocenters. The molecule has 0 spiro atoms. The van der Waals surface area contributed by atoms with Crippen LogP contribution in [0.5, 0.6) is 5.75 Å². The van der Waals surface area contributed by atoms with Gasteiger partial charge >= 0.3 is 0 Å². The van der Waals surface area contributed by atoms with Gasteiger partial charge in [-0.3, -0.25) is 14.6 Å². The molecule has 3 aromatic rings. The smallest absolute Gasteiger partial charge is 0.295 e. The Morgan fingerprint density at radius 2 is 1.84 bits per heavy atom. The molecule has 2 heterocycles. The number of carbonyl (C=O) groups excluding carboxylic acids is 2. The zero-order valence-electron chi connectivity index (χ0n) is 17.6. The number of ether oxygens (including phenoxy) is 1. The fourth-order valence-corrected chi connectivity index (χ4v) is 3.89. The van der Waals surface area contributed by atoms with Crippen LogP contribution < -0.4 is 4.74 Å². The molecule has 1 aliphatic rings. The maximum Gasteiger partial charge on any atom is 0.295 e. The lowest BCUT2D eigenvalue weighted by atomic mass is 9.94. The lowest BCUT2D eigenvalue weighted by molar-refractivity contribution is -0.140. The fourth-order valence-electron chi connectivity index (χ4n) is 3.89. The number of amides is 1. The van der Waals surface area contributed by atoms with E-state index < -0.39 is 23.5 Å². The lowest BCUT2D eigenvalue weighted by Crippen LogP contribution is -2.29. The van der Waals surface area contributed by atoms with Gasteiger partial charge in [-0.25, -0.2) is 4.39 Å². The minimum absolute atomic E-state index is 0.0698. The average molecular weight is 432 g/mol. The molecule has 1 amide bonds. The highest BCUT2D eigenvalue weighted by Gasteiger charge is 2.47. The highest BCUT2D eigenvalue weighted by atomic mass is 19.1. The first kappa shape index (κ1) is 21.2. The predicted molar refractivity (Wildman–Crippen MR) is 116 cm³/mol. The second kappa shape index (κ2) is 8.63. The number of nitrogens with zero attached hydrogens (tertiary/aromatic N) is 2. The summed E-state index contributed by atoms with van der Waals surface area (Å²) in [5.74, 6) is -1.87. The number of Topliss-reactive ketones (excluding diaryl/α,β-unsaturated/α-hetero) is 1. The first-order valence-corrected chi connectivity index (χ1v) is 9.99. The van der Waals surface area contributed by atoms with E-state index in [1.54, 1.807) is 55.7 Å². The van der Waals surface area contributed by atoms with E-state index in [0.29, 0.717) is 16.9 Å². The monoisotopic (exact) mass is 432 g/mol. The maximum absolute atomic E-state index is 13.8. The third-order valence-corrected chi connectivity index (χ3v) is 5.51. The van der Waals surface area contributed by atoms with Gasteiger partial charge in [0.1, 0.15) is 17.3 Å². The molecule has 32 heavy (non-hydrogen) atoms. The molecule has 6 nitrogen and oxygen atoms in total. The number of halogens is 1. The van der Waals surface area contributed by atoms with Crippen LogP contribution in [0.1, 0.15) is 28.3 Å².